The first kappa shape index (κ1) is 19.9. The molecule has 3 heterocycles. The summed E-state index contributed by atoms with van der Waals surface area (Å²) in [5.74, 6) is 2.50. The highest BCUT2D eigenvalue weighted by Crippen LogP contribution is 2.41. The molecule has 3 atom stereocenters. The number of fused-ring (bicyclic) bond motifs is 4. The fourth-order valence-electron chi connectivity index (χ4n) is 5.94. The van der Waals surface area contributed by atoms with Gasteiger partial charge in [0.25, 0.3) is 0 Å². The Balaban J connectivity index is 1.24. The number of ether oxygens (including phenoxy) is 2. The Labute approximate surface area is 180 Å². The van der Waals surface area contributed by atoms with Gasteiger partial charge in [-0.1, -0.05) is 24.3 Å². The molecule has 1 N–H and O–H groups in total. The third-order valence-electron chi connectivity index (χ3n) is 7.53. The Morgan fingerprint density at radius 3 is 2.63 bits per heavy atom. The van der Waals surface area contributed by atoms with Crippen molar-refractivity contribution in [1.29, 1.82) is 0 Å². The Hall–Kier alpha value is -2.04. The summed E-state index contributed by atoms with van der Waals surface area (Å²) in [6, 6.07) is 14.5. The lowest BCUT2D eigenvalue weighted by Gasteiger charge is -2.44. The zero-order valence-electron chi connectivity index (χ0n) is 18.3. The fourth-order valence-corrected chi connectivity index (χ4v) is 5.94. The molecule has 0 aromatic heterocycles. The van der Waals surface area contributed by atoms with E-state index in [1.807, 2.05) is 0 Å². The summed E-state index contributed by atoms with van der Waals surface area (Å²) in [5.41, 5.74) is 5.97. The number of nitrogens with zero attached hydrogens (tertiary/aromatic N) is 1. The Kier molecular flexibility index (Phi) is 5.70. The van der Waals surface area contributed by atoms with E-state index in [9.17, 15) is 0 Å². The van der Waals surface area contributed by atoms with Crippen LogP contribution in [0.3, 0.4) is 0 Å². The van der Waals surface area contributed by atoms with E-state index in [-0.39, 0.29) is 0 Å². The smallest absolute Gasteiger partial charge is 0.161 e. The van der Waals surface area contributed by atoms with Crippen molar-refractivity contribution in [1.82, 2.24) is 10.2 Å². The third kappa shape index (κ3) is 3.72. The van der Waals surface area contributed by atoms with Crippen molar-refractivity contribution < 1.29 is 9.47 Å². The fraction of sp³-hybridized carbons (Fsp3) is 0.538. The van der Waals surface area contributed by atoms with Gasteiger partial charge in [-0.3, -0.25) is 4.90 Å². The number of hydrogen-bond acceptors (Lipinski definition) is 4. The average Bonchev–Trinajstić information content (AvgIpc) is 2.81. The van der Waals surface area contributed by atoms with Crippen LogP contribution in [0.15, 0.2) is 36.4 Å². The molecular weight excluding hydrogens is 372 g/mol. The number of hydrogen-bond donors (Lipinski definition) is 1. The van der Waals surface area contributed by atoms with E-state index in [1.165, 1.54) is 56.3 Å². The standard InChI is InChI=1S/C26H34N2O2/c1-29-25-15-20-11-13-27-23(22(20)16-26(25)30-2)9-7-18-8-10-24-21-6-4-3-5-19(21)12-14-28(24)17-18/h3-6,15-16,18,23-24,27H,7-14,17H2,1-2H3/t18-,23+,24-/m0/s1. The second kappa shape index (κ2) is 8.60. The third-order valence-corrected chi connectivity index (χ3v) is 7.53. The molecule has 0 saturated carbocycles. The van der Waals surface area contributed by atoms with Gasteiger partial charge in [0, 0.05) is 25.2 Å². The molecular formula is C26H34N2O2. The monoisotopic (exact) mass is 406 g/mol. The van der Waals surface area contributed by atoms with Crippen molar-refractivity contribution in [3.05, 3.63) is 58.7 Å². The van der Waals surface area contributed by atoms with E-state index in [2.05, 4.69) is 46.6 Å². The van der Waals surface area contributed by atoms with Crippen LogP contribution in [0.5, 0.6) is 11.5 Å². The second-order valence-electron chi connectivity index (χ2n) is 9.14. The van der Waals surface area contributed by atoms with E-state index in [1.54, 1.807) is 25.3 Å². The van der Waals surface area contributed by atoms with Crippen molar-refractivity contribution in [2.24, 2.45) is 5.92 Å². The van der Waals surface area contributed by atoms with Crippen molar-refractivity contribution in [2.45, 2.75) is 50.6 Å². The molecule has 30 heavy (non-hydrogen) atoms. The lowest BCUT2D eigenvalue weighted by Crippen LogP contribution is -2.42. The molecule has 2 aromatic carbocycles. The Morgan fingerprint density at radius 1 is 0.933 bits per heavy atom. The van der Waals surface area contributed by atoms with E-state index < -0.39 is 0 Å². The van der Waals surface area contributed by atoms with Gasteiger partial charge in [-0.15, -0.1) is 0 Å². The summed E-state index contributed by atoms with van der Waals surface area (Å²) in [6.45, 7) is 3.52. The van der Waals surface area contributed by atoms with Gasteiger partial charge in [-0.2, -0.15) is 0 Å². The number of rotatable bonds is 5. The Bertz CT molecular complexity index is 897. The van der Waals surface area contributed by atoms with Gasteiger partial charge < -0.3 is 14.8 Å². The predicted molar refractivity (Wildman–Crippen MR) is 120 cm³/mol. The van der Waals surface area contributed by atoms with Crippen LogP contribution < -0.4 is 14.8 Å². The van der Waals surface area contributed by atoms with Gasteiger partial charge in [0.05, 0.1) is 14.2 Å². The van der Waals surface area contributed by atoms with Crippen LogP contribution in [0.4, 0.5) is 0 Å². The zero-order valence-corrected chi connectivity index (χ0v) is 18.3. The summed E-state index contributed by atoms with van der Waals surface area (Å²) >= 11 is 0. The Morgan fingerprint density at radius 2 is 1.77 bits per heavy atom. The van der Waals surface area contributed by atoms with E-state index in [0.717, 1.165) is 30.4 Å². The molecule has 0 radical (unpaired) electrons. The maximum absolute atomic E-state index is 5.57. The van der Waals surface area contributed by atoms with Crippen molar-refractivity contribution in [3.63, 3.8) is 0 Å². The SMILES string of the molecule is COc1cc2c(cc1OC)[C@@H](CC[C@H]1CC[C@H]3c4ccccc4CCN3C1)NCC2. The molecule has 0 bridgehead atoms. The molecule has 5 rings (SSSR count). The highest BCUT2D eigenvalue weighted by molar-refractivity contribution is 5.49. The van der Waals surface area contributed by atoms with Gasteiger partial charge in [-0.25, -0.2) is 0 Å². The number of benzene rings is 2. The van der Waals surface area contributed by atoms with E-state index in [0.29, 0.717) is 12.1 Å². The summed E-state index contributed by atoms with van der Waals surface area (Å²) < 4.78 is 11.1. The van der Waals surface area contributed by atoms with Crippen LogP contribution in [0.1, 0.15) is 60.0 Å². The molecule has 1 fully saturated rings. The first-order valence-corrected chi connectivity index (χ1v) is 11.6. The van der Waals surface area contributed by atoms with Crippen molar-refractivity contribution in [2.75, 3.05) is 33.9 Å². The molecule has 1 saturated heterocycles. The van der Waals surface area contributed by atoms with Gasteiger partial charge in [0.1, 0.15) is 0 Å². The first-order chi connectivity index (χ1) is 14.8. The lowest BCUT2D eigenvalue weighted by atomic mass is 9.81. The number of piperidine rings is 1. The van der Waals surface area contributed by atoms with Crippen LogP contribution in [0, 0.1) is 5.92 Å². The molecule has 0 aliphatic carbocycles. The highest BCUT2D eigenvalue weighted by atomic mass is 16.5. The molecule has 4 nitrogen and oxygen atoms in total. The van der Waals surface area contributed by atoms with Crippen LogP contribution >= 0.6 is 0 Å². The van der Waals surface area contributed by atoms with Crippen LogP contribution in [-0.2, 0) is 12.8 Å². The minimum atomic E-state index is 0.424. The summed E-state index contributed by atoms with van der Waals surface area (Å²) in [7, 11) is 3.45. The van der Waals surface area contributed by atoms with Crippen molar-refractivity contribution in [3.8, 4) is 11.5 Å². The van der Waals surface area contributed by atoms with E-state index in [4.69, 9.17) is 9.47 Å². The molecule has 4 heteroatoms. The molecule has 3 aliphatic heterocycles. The number of methoxy groups -OCH3 is 2. The molecule has 0 amide bonds. The van der Waals surface area contributed by atoms with Crippen molar-refractivity contribution >= 4 is 0 Å². The minimum Gasteiger partial charge on any atom is -0.493 e. The normalized spacial score (nSPS) is 25.7. The van der Waals surface area contributed by atoms with Crippen LogP contribution in [0.25, 0.3) is 0 Å². The highest BCUT2D eigenvalue weighted by Gasteiger charge is 2.33. The minimum absolute atomic E-state index is 0.424. The average molecular weight is 407 g/mol. The van der Waals surface area contributed by atoms with Gasteiger partial charge in [-0.05, 0) is 85.4 Å². The predicted octanol–water partition coefficient (Wildman–Crippen LogP) is 4.68. The molecule has 160 valence electrons. The summed E-state index contributed by atoms with van der Waals surface area (Å²) in [4.78, 5) is 2.76. The van der Waals surface area contributed by atoms with Crippen LogP contribution in [0.2, 0.25) is 0 Å². The summed E-state index contributed by atoms with van der Waals surface area (Å²) in [5, 5.41) is 3.76. The first-order valence-electron chi connectivity index (χ1n) is 11.6. The molecule has 0 spiro atoms. The van der Waals surface area contributed by atoms with Gasteiger partial charge in [0.15, 0.2) is 11.5 Å². The second-order valence-corrected chi connectivity index (χ2v) is 9.14. The maximum Gasteiger partial charge on any atom is 0.161 e. The number of nitrogens with one attached hydrogen (secondary N) is 1. The lowest BCUT2D eigenvalue weighted by molar-refractivity contribution is 0.0926. The van der Waals surface area contributed by atoms with Crippen LogP contribution in [-0.4, -0.2) is 38.8 Å². The zero-order chi connectivity index (χ0) is 20.5. The van der Waals surface area contributed by atoms with E-state index >= 15 is 0 Å². The largest absolute Gasteiger partial charge is 0.493 e. The molecule has 0 unspecified atom stereocenters. The quantitative estimate of drug-likeness (QED) is 0.782. The summed E-state index contributed by atoms with van der Waals surface area (Å²) in [6.07, 6.45) is 7.41. The van der Waals surface area contributed by atoms with Gasteiger partial charge in [0.2, 0.25) is 0 Å². The molecule has 2 aromatic rings. The molecule has 3 aliphatic rings. The topological polar surface area (TPSA) is 33.7 Å². The maximum atomic E-state index is 5.57. The van der Waals surface area contributed by atoms with Gasteiger partial charge >= 0.3 is 0 Å².